The Morgan fingerprint density at radius 1 is 1.52 bits per heavy atom. The summed E-state index contributed by atoms with van der Waals surface area (Å²) in [7, 11) is 0. The molecule has 0 aromatic carbocycles. The molecule has 148 valence electrons. The Morgan fingerprint density at radius 3 is 3.00 bits per heavy atom. The molecule has 27 heavy (non-hydrogen) atoms. The van der Waals surface area contributed by atoms with Gasteiger partial charge < -0.3 is 26.0 Å². The first-order valence-corrected chi connectivity index (χ1v) is 10.2. The number of aliphatic hydroxyl groups excluding tert-OH is 1. The van der Waals surface area contributed by atoms with E-state index >= 15 is 0 Å². The first-order valence-electron chi connectivity index (χ1n) is 8.33. The van der Waals surface area contributed by atoms with Gasteiger partial charge in [-0.1, -0.05) is 0 Å². The number of ether oxygens (including phenoxy) is 1. The molecule has 2 aromatic rings. The van der Waals surface area contributed by atoms with Crippen molar-refractivity contribution < 1.29 is 19.7 Å². The normalized spacial score (nSPS) is 26.5. The number of nitrogens with zero attached hydrogens (tertiary/aromatic N) is 4. The SMILES string of the molecule is CSCCC(NC[C@H]1O[C@@H](n2cnc3c(N)ncnc32)[C@H](S)[C@@H]1O)C(=O)O. The molecule has 1 saturated heterocycles. The molecule has 12 heteroatoms. The quantitative estimate of drug-likeness (QED) is 0.366. The summed E-state index contributed by atoms with van der Waals surface area (Å²) < 4.78 is 7.60. The minimum absolute atomic E-state index is 0.184. The van der Waals surface area contributed by atoms with Gasteiger partial charge in [-0.25, -0.2) is 15.0 Å². The highest BCUT2D eigenvalue weighted by molar-refractivity contribution is 7.98. The van der Waals surface area contributed by atoms with Gasteiger partial charge in [0.25, 0.3) is 0 Å². The number of aromatic nitrogens is 4. The van der Waals surface area contributed by atoms with Crippen LogP contribution in [0.25, 0.3) is 11.2 Å². The number of carboxylic acid groups (broad SMARTS) is 1. The van der Waals surface area contributed by atoms with Crippen LogP contribution in [-0.2, 0) is 9.53 Å². The fraction of sp³-hybridized carbons (Fsp3) is 0.600. The molecule has 1 unspecified atom stereocenters. The monoisotopic (exact) mass is 414 g/mol. The van der Waals surface area contributed by atoms with Crippen molar-refractivity contribution in [2.24, 2.45) is 0 Å². The fourth-order valence-corrected chi connectivity index (χ4v) is 3.87. The number of nitrogens with one attached hydrogen (secondary N) is 1. The number of anilines is 1. The highest BCUT2D eigenvalue weighted by atomic mass is 32.2. The molecule has 2 aromatic heterocycles. The van der Waals surface area contributed by atoms with Crippen molar-refractivity contribution in [3.63, 3.8) is 0 Å². The zero-order chi connectivity index (χ0) is 19.6. The van der Waals surface area contributed by atoms with E-state index in [1.165, 1.54) is 12.7 Å². The van der Waals surface area contributed by atoms with Crippen LogP contribution in [0.4, 0.5) is 5.82 Å². The summed E-state index contributed by atoms with van der Waals surface area (Å²) in [5.41, 5.74) is 6.73. The molecule has 0 amide bonds. The van der Waals surface area contributed by atoms with Crippen molar-refractivity contribution in [1.82, 2.24) is 24.8 Å². The summed E-state index contributed by atoms with van der Waals surface area (Å²) >= 11 is 6.05. The molecule has 0 bridgehead atoms. The molecule has 5 N–H and O–H groups in total. The summed E-state index contributed by atoms with van der Waals surface area (Å²) in [5.74, 6) is 0.0467. The Morgan fingerprint density at radius 2 is 2.30 bits per heavy atom. The molecule has 0 radical (unpaired) electrons. The number of rotatable bonds is 8. The number of thioether (sulfide) groups is 1. The van der Waals surface area contributed by atoms with E-state index in [0.717, 1.165) is 5.75 Å². The number of imidazole rings is 1. The zero-order valence-corrected chi connectivity index (χ0v) is 16.3. The van der Waals surface area contributed by atoms with E-state index in [2.05, 4.69) is 32.9 Å². The van der Waals surface area contributed by atoms with Gasteiger partial charge in [-0.15, -0.1) is 0 Å². The second kappa shape index (κ2) is 8.61. The maximum atomic E-state index is 11.4. The summed E-state index contributed by atoms with van der Waals surface area (Å²) in [6.45, 7) is 0.184. The standard InChI is InChI=1S/C15H22N6O4S2/c1-27-3-2-7(15(23)24)17-4-8-10(22)11(26)14(25-8)21-6-20-9-12(16)18-5-19-13(9)21/h5-8,10-11,14,17,22,26H,2-4H2,1H3,(H,23,24)(H2,16,18,19)/t7?,8-,10-,11-,14-/m1/s1. The Kier molecular flexibility index (Phi) is 6.42. The molecule has 3 heterocycles. The topological polar surface area (TPSA) is 148 Å². The van der Waals surface area contributed by atoms with E-state index in [0.29, 0.717) is 17.6 Å². The van der Waals surface area contributed by atoms with Crippen LogP contribution in [0, 0.1) is 0 Å². The highest BCUT2D eigenvalue weighted by Crippen LogP contribution is 2.35. The number of nitrogen functional groups attached to an aromatic ring is 1. The van der Waals surface area contributed by atoms with Crippen molar-refractivity contribution in [1.29, 1.82) is 0 Å². The fourth-order valence-electron chi connectivity index (χ4n) is 2.99. The number of hydrogen-bond donors (Lipinski definition) is 5. The van der Waals surface area contributed by atoms with Crippen molar-refractivity contribution in [3.05, 3.63) is 12.7 Å². The Bertz CT molecular complexity index is 806. The second-order valence-corrected chi connectivity index (χ2v) is 7.79. The van der Waals surface area contributed by atoms with Gasteiger partial charge in [-0.05, 0) is 18.4 Å². The first kappa shape index (κ1) is 20.1. The Hall–Kier alpha value is -1.60. The van der Waals surface area contributed by atoms with Crippen LogP contribution in [0.5, 0.6) is 0 Å². The van der Waals surface area contributed by atoms with E-state index in [1.54, 1.807) is 16.3 Å². The number of nitrogens with two attached hydrogens (primary N) is 1. The van der Waals surface area contributed by atoms with E-state index in [-0.39, 0.29) is 12.4 Å². The van der Waals surface area contributed by atoms with E-state index < -0.39 is 35.7 Å². The van der Waals surface area contributed by atoms with Crippen LogP contribution >= 0.6 is 24.4 Å². The molecule has 0 aliphatic carbocycles. The van der Waals surface area contributed by atoms with Crippen LogP contribution < -0.4 is 11.1 Å². The summed E-state index contributed by atoms with van der Waals surface area (Å²) in [4.78, 5) is 23.6. The van der Waals surface area contributed by atoms with Crippen LogP contribution in [0.2, 0.25) is 0 Å². The minimum Gasteiger partial charge on any atom is -0.480 e. The number of aliphatic hydroxyl groups is 1. The van der Waals surface area contributed by atoms with E-state index in [1.807, 2.05) is 6.26 Å². The van der Waals surface area contributed by atoms with Crippen molar-refractivity contribution in [2.45, 2.75) is 36.1 Å². The number of aliphatic carboxylic acids is 1. The summed E-state index contributed by atoms with van der Waals surface area (Å²) in [6.07, 6.45) is 3.12. The van der Waals surface area contributed by atoms with E-state index in [4.69, 9.17) is 10.5 Å². The molecule has 1 aliphatic rings. The first-order chi connectivity index (χ1) is 12.9. The third-order valence-electron chi connectivity index (χ3n) is 4.47. The predicted molar refractivity (Wildman–Crippen MR) is 105 cm³/mol. The molecule has 0 saturated carbocycles. The van der Waals surface area contributed by atoms with Gasteiger partial charge in [0.05, 0.1) is 23.8 Å². The van der Waals surface area contributed by atoms with Crippen molar-refractivity contribution in [2.75, 3.05) is 24.3 Å². The summed E-state index contributed by atoms with van der Waals surface area (Å²) in [5, 5.41) is 22.2. The molecular formula is C15H22N6O4S2. The van der Waals surface area contributed by atoms with Gasteiger partial charge in [-0.3, -0.25) is 9.36 Å². The van der Waals surface area contributed by atoms with Crippen LogP contribution in [-0.4, -0.2) is 77.8 Å². The van der Waals surface area contributed by atoms with E-state index in [9.17, 15) is 15.0 Å². The summed E-state index contributed by atoms with van der Waals surface area (Å²) in [6, 6.07) is -0.702. The van der Waals surface area contributed by atoms with Gasteiger partial charge in [-0.2, -0.15) is 24.4 Å². The molecule has 10 nitrogen and oxygen atoms in total. The van der Waals surface area contributed by atoms with Gasteiger partial charge >= 0.3 is 5.97 Å². The largest absolute Gasteiger partial charge is 0.480 e. The van der Waals surface area contributed by atoms with Crippen molar-refractivity contribution >= 4 is 47.3 Å². The van der Waals surface area contributed by atoms with Gasteiger partial charge in [0.1, 0.15) is 17.9 Å². The number of carboxylic acids is 1. The third kappa shape index (κ3) is 4.14. The second-order valence-electron chi connectivity index (χ2n) is 6.21. The average molecular weight is 415 g/mol. The lowest BCUT2D eigenvalue weighted by atomic mass is 10.1. The molecule has 5 atom stereocenters. The number of thiol groups is 1. The number of carbonyl (C=O) groups is 1. The smallest absolute Gasteiger partial charge is 0.320 e. The van der Waals surface area contributed by atoms with Gasteiger partial charge in [0.2, 0.25) is 0 Å². The van der Waals surface area contributed by atoms with Crippen LogP contribution in [0.1, 0.15) is 12.6 Å². The Balaban J connectivity index is 1.71. The van der Waals surface area contributed by atoms with Crippen molar-refractivity contribution in [3.8, 4) is 0 Å². The molecule has 1 fully saturated rings. The highest BCUT2D eigenvalue weighted by Gasteiger charge is 2.43. The zero-order valence-electron chi connectivity index (χ0n) is 14.6. The lowest BCUT2D eigenvalue weighted by Crippen LogP contribution is -2.44. The lowest BCUT2D eigenvalue weighted by Gasteiger charge is -2.19. The van der Waals surface area contributed by atoms with Crippen LogP contribution in [0.15, 0.2) is 12.7 Å². The van der Waals surface area contributed by atoms with Gasteiger partial charge in [0, 0.05) is 6.54 Å². The predicted octanol–water partition coefficient (Wildman–Crippen LogP) is -0.239. The average Bonchev–Trinajstić information content (AvgIpc) is 3.18. The molecular weight excluding hydrogens is 392 g/mol. The number of fused-ring (bicyclic) bond motifs is 1. The minimum atomic E-state index is -0.928. The maximum absolute atomic E-state index is 11.4. The van der Waals surface area contributed by atoms with Gasteiger partial charge in [0.15, 0.2) is 17.7 Å². The Labute approximate surface area is 165 Å². The third-order valence-corrected chi connectivity index (χ3v) is 5.68. The van der Waals surface area contributed by atoms with Crippen LogP contribution in [0.3, 0.4) is 0 Å². The molecule has 3 rings (SSSR count). The lowest BCUT2D eigenvalue weighted by molar-refractivity contribution is -0.139. The molecule has 0 spiro atoms. The number of hydrogen-bond acceptors (Lipinski definition) is 10. The maximum Gasteiger partial charge on any atom is 0.320 e. The molecule has 1 aliphatic heterocycles.